The lowest BCUT2D eigenvalue weighted by atomic mass is 9.98. The molecule has 96 valence electrons. The lowest BCUT2D eigenvalue weighted by Crippen LogP contribution is -2.08. The van der Waals surface area contributed by atoms with Crippen molar-refractivity contribution in [2.75, 3.05) is 0 Å². The highest BCUT2D eigenvalue weighted by molar-refractivity contribution is 5.66. The lowest BCUT2D eigenvalue weighted by molar-refractivity contribution is 0.628. The highest BCUT2D eigenvalue weighted by Crippen LogP contribution is 2.25. The molecule has 0 saturated carbocycles. The Morgan fingerprint density at radius 3 is 2.68 bits per heavy atom. The zero-order chi connectivity index (χ0) is 13.8. The maximum Gasteiger partial charge on any atom is 0.125 e. The Morgan fingerprint density at radius 1 is 1.21 bits per heavy atom. The molecule has 0 radical (unpaired) electrons. The molecule has 3 heteroatoms. The zero-order valence-electron chi connectivity index (χ0n) is 10.7. The molecule has 2 nitrogen and oxygen atoms in total. The molecule has 2 aromatic rings. The Kier molecular flexibility index (Phi) is 3.94. The van der Waals surface area contributed by atoms with Gasteiger partial charge in [0.1, 0.15) is 5.82 Å². The number of benzene rings is 2. The SMILES string of the molecule is CCC(N)c1cccc(-c2cc(F)cc(C#N)c2)c1. The Labute approximate surface area is 112 Å². The number of hydrogen-bond acceptors (Lipinski definition) is 2. The number of nitrogens with two attached hydrogens (primary N) is 1. The molecule has 0 aromatic heterocycles. The molecule has 0 saturated heterocycles. The average Bonchev–Trinajstić information content (AvgIpc) is 2.45. The molecular weight excluding hydrogens is 239 g/mol. The summed E-state index contributed by atoms with van der Waals surface area (Å²) in [5.74, 6) is -0.403. The second-order valence-corrected chi connectivity index (χ2v) is 4.48. The molecule has 2 N–H and O–H groups in total. The van der Waals surface area contributed by atoms with E-state index in [4.69, 9.17) is 11.0 Å². The molecule has 2 aromatic carbocycles. The van der Waals surface area contributed by atoms with E-state index in [2.05, 4.69) is 0 Å². The van der Waals surface area contributed by atoms with E-state index >= 15 is 0 Å². The van der Waals surface area contributed by atoms with Gasteiger partial charge in [0.15, 0.2) is 0 Å². The van der Waals surface area contributed by atoms with Gasteiger partial charge in [-0.1, -0.05) is 25.1 Å². The highest BCUT2D eigenvalue weighted by Gasteiger charge is 2.07. The largest absolute Gasteiger partial charge is 0.324 e. The molecule has 0 spiro atoms. The van der Waals surface area contributed by atoms with Crippen molar-refractivity contribution in [3.05, 3.63) is 59.4 Å². The van der Waals surface area contributed by atoms with Crippen LogP contribution in [-0.4, -0.2) is 0 Å². The summed E-state index contributed by atoms with van der Waals surface area (Å²) in [5, 5.41) is 8.88. The summed E-state index contributed by atoms with van der Waals surface area (Å²) in [6.07, 6.45) is 0.843. The van der Waals surface area contributed by atoms with Crippen molar-refractivity contribution in [2.24, 2.45) is 5.73 Å². The normalized spacial score (nSPS) is 11.9. The first kappa shape index (κ1) is 13.3. The molecule has 0 aliphatic carbocycles. The number of hydrogen-bond donors (Lipinski definition) is 1. The van der Waals surface area contributed by atoms with Crippen LogP contribution in [0.3, 0.4) is 0 Å². The first-order valence-electron chi connectivity index (χ1n) is 6.20. The Hall–Kier alpha value is -2.18. The zero-order valence-corrected chi connectivity index (χ0v) is 10.7. The third-order valence-corrected chi connectivity index (χ3v) is 3.11. The Balaban J connectivity index is 2.47. The van der Waals surface area contributed by atoms with Crippen molar-refractivity contribution in [2.45, 2.75) is 19.4 Å². The third kappa shape index (κ3) is 2.98. The van der Waals surface area contributed by atoms with Gasteiger partial charge in [-0.3, -0.25) is 0 Å². The van der Waals surface area contributed by atoms with Gasteiger partial charge in [-0.05, 0) is 47.4 Å². The first-order chi connectivity index (χ1) is 9.13. The topological polar surface area (TPSA) is 49.8 Å². The molecule has 0 bridgehead atoms. The summed E-state index contributed by atoms with van der Waals surface area (Å²) in [5.41, 5.74) is 8.91. The Morgan fingerprint density at radius 2 is 2.00 bits per heavy atom. The molecule has 0 heterocycles. The van der Waals surface area contributed by atoms with E-state index in [1.54, 1.807) is 6.07 Å². The molecule has 1 atom stereocenters. The van der Waals surface area contributed by atoms with Crippen LogP contribution in [0.1, 0.15) is 30.5 Å². The molecule has 2 rings (SSSR count). The summed E-state index contributed by atoms with van der Waals surface area (Å²) in [6, 6.07) is 14.0. The second kappa shape index (κ2) is 5.64. The maximum atomic E-state index is 13.4. The highest BCUT2D eigenvalue weighted by atomic mass is 19.1. The van der Waals surface area contributed by atoms with E-state index < -0.39 is 5.82 Å². The summed E-state index contributed by atoms with van der Waals surface area (Å²) < 4.78 is 13.4. The standard InChI is InChI=1S/C16H15FN2/c1-2-16(19)13-5-3-4-12(8-13)14-6-11(10-18)7-15(17)9-14/h3-9,16H,2,19H2,1H3. The van der Waals surface area contributed by atoms with Crippen molar-refractivity contribution in [1.29, 1.82) is 5.26 Å². The molecule has 0 aliphatic heterocycles. The van der Waals surface area contributed by atoms with Crippen LogP contribution in [0, 0.1) is 17.1 Å². The van der Waals surface area contributed by atoms with Crippen molar-refractivity contribution in [1.82, 2.24) is 0 Å². The number of rotatable bonds is 3. The fourth-order valence-corrected chi connectivity index (χ4v) is 2.01. The minimum absolute atomic E-state index is 0.0241. The smallest absolute Gasteiger partial charge is 0.125 e. The summed E-state index contributed by atoms with van der Waals surface area (Å²) in [7, 11) is 0. The van der Waals surface area contributed by atoms with E-state index in [9.17, 15) is 4.39 Å². The number of nitrogens with zero attached hydrogens (tertiary/aromatic N) is 1. The third-order valence-electron chi connectivity index (χ3n) is 3.11. The minimum Gasteiger partial charge on any atom is -0.324 e. The van der Waals surface area contributed by atoms with Gasteiger partial charge in [0, 0.05) is 6.04 Å². The summed E-state index contributed by atoms with van der Waals surface area (Å²) in [4.78, 5) is 0. The Bertz CT molecular complexity index is 629. The van der Waals surface area contributed by atoms with Crippen LogP contribution in [0.25, 0.3) is 11.1 Å². The molecule has 0 fully saturated rings. The van der Waals surface area contributed by atoms with Gasteiger partial charge in [-0.25, -0.2) is 4.39 Å². The fraction of sp³-hybridized carbons (Fsp3) is 0.188. The van der Waals surface area contributed by atoms with Crippen LogP contribution in [0.4, 0.5) is 4.39 Å². The van der Waals surface area contributed by atoms with E-state index in [0.717, 1.165) is 17.5 Å². The van der Waals surface area contributed by atoms with Crippen LogP contribution in [0.15, 0.2) is 42.5 Å². The molecule has 0 aliphatic rings. The van der Waals surface area contributed by atoms with E-state index in [-0.39, 0.29) is 6.04 Å². The van der Waals surface area contributed by atoms with Crippen LogP contribution in [-0.2, 0) is 0 Å². The van der Waals surface area contributed by atoms with Crippen molar-refractivity contribution < 1.29 is 4.39 Å². The maximum absolute atomic E-state index is 13.4. The van der Waals surface area contributed by atoms with Gasteiger partial charge < -0.3 is 5.73 Å². The van der Waals surface area contributed by atoms with Crippen LogP contribution in [0.5, 0.6) is 0 Å². The average molecular weight is 254 g/mol. The first-order valence-corrected chi connectivity index (χ1v) is 6.20. The number of nitriles is 1. The van der Waals surface area contributed by atoms with Gasteiger partial charge in [-0.15, -0.1) is 0 Å². The van der Waals surface area contributed by atoms with Crippen molar-refractivity contribution >= 4 is 0 Å². The molecule has 19 heavy (non-hydrogen) atoms. The van der Waals surface area contributed by atoms with Gasteiger partial charge in [0.25, 0.3) is 0 Å². The van der Waals surface area contributed by atoms with Gasteiger partial charge in [0.05, 0.1) is 11.6 Å². The van der Waals surface area contributed by atoms with Crippen LogP contribution < -0.4 is 5.73 Å². The van der Waals surface area contributed by atoms with E-state index in [1.807, 2.05) is 37.3 Å². The van der Waals surface area contributed by atoms with Gasteiger partial charge >= 0.3 is 0 Å². The minimum atomic E-state index is -0.403. The fourth-order valence-electron chi connectivity index (χ4n) is 2.01. The molecule has 1 unspecified atom stereocenters. The van der Waals surface area contributed by atoms with Crippen molar-refractivity contribution in [3.63, 3.8) is 0 Å². The molecule has 0 amide bonds. The second-order valence-electron chi connectivity index (χ2n) is 4.48. The van der Waals surface area contributed by atoms with Crippen LogP contribution in [0.2, 0.25) is 0 Å². The quantitative estimate of drug-likeness (QED) is 0.906. The predicted octanol–water partition coefficient (Wildman–Crippen LogP) is 3.77. The summed E-state index contributed by atoms with van der Waals surface area (Å²) >= 11 is 0. The van der Waals surface area contributed by atoms with Crippen molar-refractivity contribution in [3.8, 4) is 17.2 Å². The predicted molar refractivity (Wildman–Crippen MR) is 73.8 cm³/mol. The lowest BCUT2D eigenvalue weighted by Gasteiger charge is -2.11. The monoisotopic (exact) mass is 254 g/mol. The van der Waals surface area contributed by atoms with Gasteiger partial charge in [-0.2, -0.15) is 5.26 Å². The van der Waals surface area contributed by atoms with Gasteiger partial charge in [0.2, 0.25) is 0 Å². The van der Waals surface area contributed by atoms with E-state index in [1.165, 1.54) is 12.1 Å². The van der Waals surface area contributed by atoms with Crippen LogP contribution >= 0.6 is 0 Å². The molecular formula is C16H15FN2. The summed E-state index contributed by atoms with van der Waals surface area (Å²) in [6.45, 7) is 2.02. The number of halogens is 1. The van der Waals surface area contributed by atoms with E-state index in [0.29, 0.717) is 11.1 Å².